The third-order valence-electron chi connectivity index (χ3n) is 4.98. The number of carbonyl (C=O) groups is 2. The average molecular weight is 431 g/mol. The zero-order valence-corrected chi connectivity index (χ0v) is 18.3. The Kier molecular flexibility index (Phi) is 7.80. The molecular weight excluding hydrogens is 400 g/mol. The first-order chi connectivity index (χ1) is 15.0. The van der Waals surface area contributed by atoms with Gasteiger partial charge in [-0.25, -0.2) is 15.0 Å². The Balaban J connectivity index is 1.45. The highest BCUT2D eigenvalue weighted by Crippen LogP contribution is 2.18. The second-order valence-corrected chi connectivity index (χ2v) is 7.83. The number of amides is 2. The number of nitrogens with one attached hydrogen (secondary N) is 1. The topological polar surface area (TPSA) is 109 Å². The summed E-state index contributed by atoms with van der Waals surface area (Å²) in [7, 11) is 1.51. The van der Waals surface area contributed by atoms with Crippen molar-refractivity contribution in [3.8, 4) is 5.88 Å². The van der Waals surface area contributed by atoms with Crippen molar-refractivity contribution in [2.45, 2.75) is 26.3 Å². The zero-order valence-electron chi connectivity index (χ0n) is 18.3. The molecule has 0 saturated carbocycles. The van der Waals surface area contributed by atoms with Crippen LogP contribution >= 0.6 is 0 Å². The molecule has 0 radical (unpaired) electrons. The van der Waals surface area contributed by atoms with Gasteiger partial charge in [0.15, 0.2) is 0 Å². The van der Waals surface area contributed by atoms with E-state index in [2.05, 4.69) is 39.0 Å². The van der Waals surface area contributed by atoms with Crippen LogP contribution in [0.2, 0.25) is 0 Å². The molecule has 1 atom stereocenters. The first-order valence-corrected chi connectivity index (χ1v) is 10.5. The van der Waals surface area contributed by atoms with Crippen molar-refractivity contribution in [3.05, 3.63) is 24.5 Å². The highest BCUT2D eigenvalue weighted by atomic mass is 16.5. The van der Waals surface area contributed by atoms with Crippen LogP contribution in [0.25, 0.3) is 0 Å². The number of rotatable bonds is 7. The number of anilines is 1. The van der Waals surface area contributed by atoms with E-state index in [9.17, 15) is 9.59 Å². The normalized spacial score (nSPS) is 18.6. The molecule has 10 nitrogen and oxygen atoms in total. The summed E-state index contributed by atoms with van der Waals surface area (Å²) in [6, 6.07) is 1.27. The molecule has 0 bridgehead atoms. The van der Waals surface area contributed by atoms with Crippen LogP contribution in [0.15, 0.2) is 29.5 Å². The van der Waals surface area contributed by atoms with Gasteiger partial charge in [-0.3, -0.25) is 9.59 Å². The Hall–Kier alpha value is -3.17. The molecule has 3 heterocycles. The molecule has 1 aromatic heterocycles. The Bertz CT molecular complexity index is 833. The van der Waals surface area contributed by atoms with Crippen LogP contribution < -0.4 is 15.0 Å². The fraction of sp³-hybridized carbons (Fsp3) is 0.571. The SMILES string of the molecule is COC1=NC(C(=O)NCC(=O)N2CCN(c3cc(OCC(C)C)ncn3)CC2)CC=C1. The van der Waals surface area contributed by atoms with Gasteiger partial charge in [0.25, 0.3) is 0 Å². The number of aliphatic imine (C=N–C) groups is 1. The lowest BCUT2D eigenvalue weighted by atomic mass is 10.1. The highest BCUT2D eigenvalue weighted by molar-refractivity contribution is 5.94. The molecule has 1 saturated heterocycles. The van der Waals surface area contributed by atoms with Gasteiger partial charge in [0.05, 0.1) is 20.3 Å². The molecule has 10 heteroatoms. The minimum Gasteiger partial charge on any atom is -0.481 e. The van der Waals surface area contributed by atoms with Crippen molar-refractivity contribution in [2.24, 2.45) is 10.9 Å². The molecule has 2 amide bonds. The van der Waals surface area contributed by atoms with Crippen LogP contribution in [0.1, 0.15) is 20.3 Å². The van der Waals surface area contributed by atoms with Gasteiger partial charge >= 0.3 is 0 Å². The van der Waals surface area contributed by atoms with Crippen LogP contribution in [-0.4, -0.2) is 85.1 Å². The summed E-state index contributed by atoms with van der Waals surface area (Å²) in [6.45, 7) is 7.12. The van der Waals surface area contributed by atoms with E-state index in [4.69, 9.17) is 9.47 Å². The zero-order chi connectivity index (χ0) is 22.2. The summed E-state index contributed by atoms with van der Waals surface area (Å²) >= 11 is 0. The summed E-state index contributed by atoms with van der Waals surface area (Å²) in [5.74, 6) is 1.77. The van der Waals surface area contributed by atoms with Crippen molar-refractivity contribution >= 4 is 23.5 Å². The van der Waals surface area contributed by atoms with Crippen molar-refractivity contribution < 1.29 is 19.1 Å². The van der Waals surface area contributed by atoms with Gasteiger partial charge in [0, 0.05) is 32.2 Å². The fourth-order valence-electron chi connectivity index (χ4n) is 3.24. The second-order valence-electron chi connectivity index (χ2n) is 7.83. The van der Waals surface area contributed by atoms with Crippen molar-refractivity contribution in [1.29, 1.82) is 0 Å². The molecule has 0 aliphatic carbocycles. The number of piperazine rings is 1. The minimum absolute atomic E-state index is 0.0441. The molecule has 3 rings (SSSR count). The van der Waals surface area contributed by atoms with Crippen molar-refractivity contribution in [3.63, 3.8) is 0 Å². The van der Waals surface area contributed by atoms with E-state index in [0.717, 1.165) is 5.82 Å². The number of ether oxygens (including phenoxy) is 2. The molecule has 168 valence electrons. The summed E-state index contributed by atoms with van der Waals surface area (Å²) in [4.78, 5) is 41.4. The Morgan fingerprint density at radius 3 is 2.71 bits per heavy atom. The number of hydrogen-bond donors (Lipinski definition) is 1. The first-order valence-electron chi connectivity index (χ1n) is 10.5. The molecule has 1 N–H and O–H groups in total. The lowest BCUT2D eigenvalue weighted by molar-refractivity contribution is -0.133. The van der Waals surface area contributed by atoms with Gasteiger partial charge in [-0.15, -0.1) is 0 Å². The molecule has 2 aliphatic rings. The third-order valence-corrected chi connectivity index (χ3v) is 4.98. The maximum Gasteiger partial charge on any atom is 0.245 e. The van der Waals surface area contributed by atoms with Gasteiger partial charge in [-0.2, -0.15) is 0 Å². The van der Waals surface area contributed by atoms with Crippen molar-refractivity contribution in [1.82, 2.24) is 20.2 Å². The molecule has 0 aromatic carbocycles. The Morgan fingerprint density at radius 2 is 2.00 bits per heavy atom. The highest BCUT2D eigenvalue weighted by Gasteiger charge is 2.24. The predicted octanol–water partition coefficient (Wildman–Crippen LogP) is 0.650. The third kappa shape index (κ3) is 6.40. The minimum atomic E-state index is -0.561. The van der Waals surface area contributed by atoms with E-state index in [0.29, 0.717) is 56.9 Å². The molecular formula is C21H30N6O4. The Labute approximate surface area is 182 Å². The van der Waals surface area contributed by atoms with E-state index >= 15 is 0 Å². The molecule has 1 fully saturated rings. The monoisotopic (exact) mass is 430 g/mol. The summed E-state index contributed by atoms with van der Waals surface area (Å²) in [5, 5.41) is 2.69. The fourth-order valence-corrected chi connectivity index (χ4v) is 3.24. The molecule has 1 unspecified atom stereocenters. The Morgan fingerprint density at radius 1 is 1.23 bits per heavy atom. The van der Waals surface area contributed by atoms with Crippen LogP contribution in [0.4, 0.5) is 5.82 Å². The van der Waals surface area contributed by atoms with E-state index in [1.807, 2.05) is 12.1 Å². The maximum atomic E-state index is 12.5. The largest absolute Gasteiger partial charge is 0.481 e. The molecule has 31 heavy (non-hydrogen) atoms. The van der Waals surface area contributed by atoms with E-state index in [-0.39, 0.29) is 18.4 Å². The first kappa shape index (κ1) is 22.5. The standard InChI is InChI=1S/C21H30N6O4/c1-15(2)13-31-19-11-17(23-14-24-19)26-7-9-27(10-8-26)20(28)12-22-21(29)16-5-4-6-18(25-16)30-3/h4,6,11,14-16H,5,7-10,12-13H2,1-3H3,(H,22,29). The summed E-state index contributed by atoms with van der Waals surface area (Å²) < 4.78 is 10.7. The van der Waals surface area contributed by atoms with Crippen LogP contribution in [0, 0.1) is 5.92 Å². The summed E-state index contributed by atoms with van der Waals surface area (Å²) in [6.07, 6.45) is 5.55. The van der Waals surface area contributed by atoms with Gasteiger partial charge < -0.3 is 24.6 Å². The lowest BCUT2D eigenvalue weighted by Gasteiger charge is -2.35. The summed E-state index contributed by atoms with van der Waals surface area (Å²) in [5.41, 5.74) is 0. The predicted molar refractivity (Wildman–Crippen MR) is 116 cm³/mol. The lowest BCUT2D eigenvalue weighted by Crippen LogP contribution is -2.52. The van der Waals surface area contributed by atoms with Crippen LogP contribution in [0.5, 0.6) is 5.88 Å². The van der Waals surface area contributed by atoms with Gasteiger partial charge in [0.2, 0.25) is 23.6 Å². The average Bonchev–Trinajstić information content (AvgIpc) is 2.81. The number of methoxy groups -OCH3 is 1. The number of dihydropyridines is 1. The van der Waals surface area contributed by atoms with Gasteiger partial charge in [0.1, 0.15) is 18.2 Å². The maximum absolute atomic E-state index is 12.5. The van der Waals surface area contributed by atoms with Crippen LogP contribution in [0.3, 0.4) is 0 Å². The van der Waals surface area contributed by atoms with Gasteiger partial charge in [-0.05, 0) is 18.4 Å². The van der Waals surface area contributed by atoms with E-state index in [1.54, 1.807) is 11.0 Å². The number of nitrogens with zero attached hydrogens (tertiary/aromatic N) is 5. The number of carbonyl (C=O) groups excluding carboxylic acids is 2. The quantitative estimate of drug-likeness (QED) is 0.676. The molecule has 1 aromatic rings. The van der Waals surface area contributed by atoms with Crippen molar-refractivity contribution in [2.75, 3.05) is 51.3 Å². The molecule has 2 aliphatic heterocycles. The smallest absolute Gasteiger partial charge is 0.245 e. The van der Waals surface area contributed by atoms with E-state index in [1.165, 1.54) is 13.4 Å². The number of aromatic nitrogens is 2. The van der Waals surface area contributed by atoms with Crippen LogP contribution in [-0.2, 0) is 14.3 Å². The van der Waals surface area contributed by atoms with Gasteiger partial charge in [-0.1, -0.05) is 19.9 Å². The molecule has 0 spiro atoms. The number of hydrogen-bond acceptors (Lipinski definition) is 8. The second kappa shape index (κ2) is 10.7. The van der Waals surface area contributed by atoms with E-state index < -0.39 is 6.04 Å².